The number of hydrogen-bond donors (Lipinski definition) is 0. The van der Waals surface area contributed by atoms with E-state index in [1.165, 1.54) is 19.3 Å². The zero-order valence-electron chi connectivity index (χ0n) is 11.1. The van der Waals surface area contributed by atoms with Crippen LogP contribution in [0.5, 0.6) is 0 Å². The number of thiophene rings is 1. The van der Waals surface area contributed by atoms with Crippen LogP contribution in [-0.4, -0.2) is 18.5 Å². The van der Waals surface area contributed by atoms with Crippen LogP contribution >= 0.6 is 11.3 Å². The van der Waals surface area contributed by atoms with Gasteiger partial charge in [-0.2, -0.15) is 11.3 Å². The summed E-state index contributed by atoms with van der Waals surface area (Å²) in [7, 11) is 0. The van der Waals surface area contributed by atoms with Gasteiger partial charge < -0.3 is 4.74 Å². The molecule has 1 aliphatic rings. The zero-order chi connectivity index (χ0) is 12.8. The Morgan fingerprint density at radius 2 is 2.22 bits per heavy atom. The van der Waals surface area contributed by atoms with Crippen molar-refractivity contribution in [2.24, 2.45) is 5.92 Å². The lowest BCUT2D eigenvalue weighted by molar-refractivity contribution is -0.134. The van der Waals surface area contributed by atoms with Gasteiger partial charge in [-0.15, -0.1) is 0 Å². The van der Waals surface area contributed by atoms with Crippen LogP contribution in [0.1, 0.15) is 44.6 Å². The first-order valence-electron chi connectivity index (χ1n) is 6.96. The molecule has 0 aromatic carbocycles. The largest absolute Gasteiger partial charge is 0.370 e. The van der Waals surface area contributed by atoms with Crippen LogP contribution in [0.2, 0.25) is 0 Å². The first kappa shape index (κ1) is 13.8. The maximum Gasteiger partial charge on any atom is 0.166 e. The van der Waals surface area contributed by atoms with E-state index in [1.54, 1.807) is 11.3 Å². The third kappa shape index (κ3) is 3.66. The van der Waals surface area contributed by atoms with E-state index < -0.39 is 0 Å². The normalized spacial score (nSPS) is 18.7. The van der Waals surface area contributed by atoms with Crippen molar-refractivity contribution in [3.63, 3.8) is 0 Å². The number of Topliss-reactive ketones (excluding diaryl/α,β-unsaturated/α-hetero) is 1. The van der Waals surface area contributed by atoms with Gasteiger partial charge in [0.25, 0.3) is 0 Å². The monoisotopic (exact) mass is 266 g/mol. The molecule has 0 spiro atoms. The Labute approximate surface area is 113 Å². The van der Waals surface area contributed by atoms with Gasteiger partial charge in [0.05, 0.1) is 0 Å². The Kier molecular flexibility index (Phi) is 5.39. The molecule has 2 nitrogen and oxygen atoms in total. The number of ether oxygens (including phenoxy) is 1. The molecular formula is C15H22O2S. The molecule has 0 aliphatic heterocycles. The van der Waals surface area contributed by atoms with E-state index in [1.807, 2.05) is 18.4 Å². The number of carbonyl (C=O) groups is 1. The summed E-state index contributed by atoms with van der Waals surface area (Å²) in [6, 6.07) is 2.03. The Morgan fingerprint density at radius 1 is 1.44 bits per heavy atom. The first-order valence-corrected chi connectivity index (χ1v) is 7.91. The van der Waals surface area contributed by atoms with E-state index in [9.17, 15) is 4.79 Å². The lowest BCUT2D eigenvalue weighted by atomic mass is 9.83. The molecule has 0 saturated heterocycles. The number of carbonyl (C=O) groups excluding carboxylic acids is 1. The molecule has 0 radical (unpaired) electrons. The van der Waals surface area contributed by atoms with Gasteiger partial charge in [-0.05, 0) is 48.1 Å². The second-order valence-corrected chi connectivity index (χ2v) is 5.83. The van der Waals surface area contributed by atoms with Gasteiger partial charge in [0.2, 0.25) is 0 Å². The smallest absolute Gasteiger partial charge is 0.166 e. The lowest BCUT2D eigenvalue weighted by Gasteiger charge is -2.29. The van der Waals surface area contributed by atoms with Crippen molar-refractivity contribution in [1.82, 2.24) is 0 Å². The van der Waals surface area contributed by atoms with Crippen molar-refractivity contribution in [2.75, 3.05) is 6.61 Å². The predicted molar refractivity (Wildman–Crippen MR) is 75.0 cm³/mol. The van der Waals surface area contributed by atoms with Gasteiger partial charge in [0, 0.05) is 13.0 Å². The highest BCUT2D eigenvalue weighted by molar-refractivity contribution is 7.07. The third-order valence-corrected chi connectivity index (χ3v) is 4.43. The van der Waals surface area contributed by atoms with E-state index in [0.717, 1.165) is 18.4 Å². The second kappa shape index (κ2) is 7.05. The van der Waals surface area contributed by atoms with E-state index in [-0.39, 0.29) is 11.9 Å². The van der Waals surface area contributed by atoms with Crippen LogP contribution in [0.15, 0.2) is 16.8 Å². The molecule has 2 rings (SSSR count). The number of ketones is 1. The summed E-state index contributed by atoms with van der Waals surface area (Å²) < 4.78 is 5.75. The van der Waals surface area contributed by atoms with E-state index >= 15 is 0 Å². The predicted octanol–water partition coefficient (Wildman–Crippen LogP) is 3.85. The highest BCUT2D eigenvalue weighted by atomic mass is 32.1. The summed E-state index contributed by atoms with van der Waals surface area (Å²) in [6.07, 6.45) is 6.48. The van der Waals surface area contributed by atoms with Crippen LogP contribution < -0.4 is 0 Å². The zero-order valence-corrected chi connectivity index (χ0v) is 11.9. The van der Waals surface area contributed by atoms with E-state index in [0.29, 0.717) is 18.9 Å². The maximum absolute atomic E-state index is 12.4. The molecule has 1 heterocycles. The standard InChI is InChI=1S/C15H22O2S/c1-2-17-15(13-6-4-3-5-7-13)14(16)10-12-8-9-18-11-12/h8-9,11,13,15H,2-7,10H2,1H3. The molecular weight excluding hydrogens is 244 g/mol. The summed E-state index contributed by atoms with van der Waals surface area (Å²) in [6.45, 7) is 2.62. The molecule has 0 N–H and O–H groups in total. The molecule has 1 aliphatic carbocycles. The van der Waals surface area contributed by atoms with Gasteiger partial charge in [-0.1, -0.05) is 19.3 Å². The molecule has 1 unspecified atom stereocenters. The van der Waals surface area contributed by atoms with Crippen LogP contribution in [0.25, 0.3) is 0 Å². The summed E-state index contributed by atoms with van der Waals surface area (Å²) in [5.74, 6) is 0.715. The summed E-state index contributed by atoms with van der Waals surface area (Å²) in [4.78, 5) is 12.4. The second-order valence-electron chi connectivity index (χ2n) is 5.05. The minimum atomic E-state index is -0.171. The fourth-order valence-corrected chi connectivity index (χ4v) is 3.47. The van der Waals surface area contributed by atoms with Crippen molar-refractivity contribution in [2.45, 2.75) is 51.6 Å². The average Bonchev–Trinajstić information content (AvgIpc) is 2.89. The maximum atomic E-state index is 12.4. The van der Waals surface area contributed by atoms with Gasteiger partial charge >= 0.3 is 0 Å². The Balaban J connectivity index is 1.97. The molecule has 0 amide bonds. The highest BCUT2D eigenvalue weighted by Gasteiger charge is 2.29. The molecule has 18 heavy (non-hydrogen) atoms. The third-order valence-electron chi connectivity index (χ3n) is 3.70. The fourth-order valence-electron chi connectivity index (χ4n) is 2.80. The highest BCUT2D eigenvalue weighted by Crippen LogP contribution is 2.29. The Hall–Kier alpha value is -0.670. The summed E-state index contributed by atoms with van der Waals surface area (Å²) in [5.41, 5.74) is 1.13. The van der Waals surface area contributed by atoms with Crippen LogP contribution in [0.3, 0.4) is 0 Å². The average molecular weight is 266 g/mol. The molecule has 100 valence electrons. The molecule has 0 bridgehead atoms. The summed E-state index contributed by atoms with van der Waals surface area (Å²) in [5, 5.41) is 4.08. The van der Waals surface area contributed by atoms with E-state index in [4.69, 9.17) is 4.74 Å². The van der Waals surface area contributed by atoms with Crippen molar-refractivity contribution in [3.05, 3.63) is 22.4 Å². The fraction of sp³-hybridized carbons (Fsp3) is 0.667. The van der Waals surface area contributed by atoms with Gasteiger partial charge in [0.1, 0.15) is 6.10 Å². The van der Waals surface area contributed by atoms with Crippen LogP contribution in [0.4, 0.5) is 0 Å². The van der Waals surface area contributed by atoms with E-state index in [2.05, 4.69) is 5.38 Å². The Bertz CT molecular complexity index is 353. The van der Waals surface area contributed by atoms with Gasteiger partial charge in [-0.3, -0.25) is 4.79 Å². The van der Waals surface area contributed by atoms with Crippen molar-refractivity contribution < 1.29 is 9.53 Å². The first-order chi connectivity index (χ1) is 8.81. The number of hydrogen-bond acceptors (Lipinski definition) is 3. The molecule has 1 fully saturated rings. The van der Waals surface area contributed by atoms with Crippen LogP contribution in [-0.2, 0) is 16.0 Å². The van der Waals surface area contributed by atoms with Crippen LogP contribution in [0, 0.1) is 5.92 Å². The van der Waals surface area contributed by atoms with Gasteiger partial charge in [0.15, 0.2) is 5.78 Å². The molecule has 3 heteroatoms. The minimum absolute atomic E-state index is 0.171. The van der Waals surface area contributed by atoms with Crippen molar-refractivity contribution in [3.8, 4) is 0 Å². The Morgan fingerprint density at radius 3 is 2.83 bits per heavy atom. The minimum Gasteiger partial charge on any atom is -0.370 e. The number of rotatable bonds is 6. The SMILES string of the molecule is CCOC(C(=O)Cc1ccsc1)C1CCCCC1. The molecule has 1 aromatic rings. The molecule has 1 aromatic heterocycles. The lowest BCUT2D eigenvalue weighted by Crippen LogP contribution is -2.35. The van der Waals surface area contributed by atoms with Crippen molar-refractivity contribution in [1.29, 1.82) is 0 Å². The molecule has 1 saturated carbocycles. The van der Waals surface area contributed by atoms with Crippen molar-refractivity contribution >= 4 is 17.1 Å². The summed E-state index contributed by atoms with van der Waals surface area (Å²) >= 11 is 1.65. The molecule has 1 atom stereocenters. The van der Waals surface area contributed by atoms with Gasteiger partial charge in [-0.25, -0.2) is 0 Å². The quantitative estimate of drug-likeness (QED) is 0.782. The topological polar surface area (TPSA) is 26.3 Å².